The minimum absolute atomic E-state index is 0.0462. The molecule has 0 bridgehead atoms. The topological polar surface area (TPSA) is 63.1 Å². The molecular weight excluding hydrogens is 290 g/mol. The second kappa shape index (κ2) is 7.76. The molecule has 2 heterocycles. The van der Waals surface area contributed by atoms with Crippen LogP contribution in [0, 0.1) is 0 Å². The molecule has 2 amide bonds. The number of carbonyl (C=O) groups is 1. The molecule has 0 saturated carbocycles. The van der Waals surface area contributed by atoms with E-state index in [0.717, 1.165) is 38.8 Å². The predicted molar refractivity (Wildman–Crippen MR) is 88.0 cm³/mol. The van der Waals surface area contributed by atoms with Gasteiger partial charge in [-0.05, 0) is 31.2 Å². The summed E-state index contributed by atoms with van der Waals surface area (Å²) in [4.78, 5) is 15.8. The highest BCUT2D eigenvalue weighted by Crippen LogP contribution is 2.20. The zero-order chi connectivity index (χ0) is 15.9. The fraction of sp³-hybridized carbons (Fsp3) is 0.471. The Hall–Kier alpha value is -2.37. The van der Waals surface area contributed by atoms with Gasteiger partial charge in [-0.15, -0.1) is 0 Å². The van der Waals surface area contributed by atoms with E-state index < -0.39 is 0 Å². The van der Waals surface area contributed by atoms with Gasteiger partial charge in [0.25, 0.3) is 0 Å². The summed E-state index contributed by atoms with van der Waals surface area (Å²) < 4.78 is 0. The fourth-order valence-corrected chi connectivity index (χ4v) is 2.96. The van der Waals surface area contributed by atoms with Gasteiger partial charge in [-0.25, -0.2) is 4.79 Å². The van der Waals surface area contributed by atoms with Crippen LogP contribution in [0.25, 0.3) is 0 Å². The van der Waals surface area contributed by atoms with Gasteiger partial charge >= 0.3 is 6.03 Å². The van der Waals surface area contributed by atoms with Gasteiger partial charge < -0.3 is 10.2 Å². The van der Waals surface area contributed by atoms with Crippen molar-refractivity contribution in [2.75, 3.05) is 19.6 Å². The van der Waals surface area contributed by atoms with Crippen molar-refractivity contribution in [3.63, 3.8) is 0 Å². The van der Waals surface area contributed by atoms with Gasteiger partial charge in [0, 0.05) is 19.6 Å². The van der Waals surface area contributed by atoms with Gasteiger partial charge in [-0.1, -0.05) is 30.3 Å². The maximum absolute atomic E-state index is 12.2. The Labute approximate surface area is 136 Å². The zero-order valence-corrected chi connectivity index (χ0v) is 13.3. The van der Waals surface area contributed by atoms with Gasteiger partial charge in [-0.3, -0.25) is 0 Å². The molecule has 23 heavy (non-hydrogen) atoms. The first-order valence-corrected chi connectivity index (χ1v) is 8.25. The average molecular weight is 313 g/mol. The molecule has 3 rings (SSSR count). The van der Waals surface area contributed by atoms with Crippen molar-refractivity contribution in [3.05, 3.63) is 48.3 Å². The summed E-state index contributed by atoms with van der Waals surface area (Å²) in [5.41, 5.74) is 1.31. The van der Waals surface area contributed by atoms with Crippen LogP contribution in [-0.2, 0) is 6.42 Å². The molecule has 0 unspecified atom stereocenters. The number of urea groups is 1. The molecule has 1 aromatic carbocycles. The highest BCUT2D eigenvalue weighted by molar-refractivity contribution is 5.74. The number of nitrogens with zero attached hydrogens (tertiary/aromatic N) is 4. The summed E-state index contributed by atoms with van der Waals surface area (Å²) >= 11 is 0. The van der Waals surface area contributed by atoms with Crippen molar-refractivity contribution in [2.24, 2.45) is 0 Å². The van der Waals surface area contributed by atoms with Crippen molar-refractivity contribution in [1.29, 1.82) is 0 Å². The van der Waals surface area contributed by atoms with E-state index in [2.05, 4.69) is 27.6 Å². The Balaban J connectivity index is 1.35. The lowest BCUT2D eigenvalue weighted by atomic mass is 10.1. The van der Waals surface area contributed by atoms with Crippen molar-refractivity contribution in [2.45, 2.75) is 31.7 Å². The smallest absolute Gasteiger partial charge is 0.317 e. The van der Waals surface area contributed by atoms with Crippen LogP contribution in [0.3, 0.4) is 0 Å². The number of aryl methyl sites for hydroxylation is 1. The Kier molecular flexibility index (Phi) is 5.24. The molecule has 1 aliphatic rings. The van der Waals surface area contributed by atoms with E-state index in [1.165, 1.54) is 5.56 Å². The number of aromatic nitrogens is 3. The van der Waals surface area contributed by atoms with Gasteiger partial charge in [0.05, 0.1) is 18.4 Å². The lowest BCUT2D eigenvalue weighted by molar-refractivity contribution is 0.164. The summed E-state index contributed by atoms with van der Waals surface area (Å²) in [5, 5.41) is 11.4. The predicted octanol–water partition coefficient (Wildman–Crippen LogP) is 2.26. The number of amides is 2. The quantitative estimate of drug-likeness (QED) is 0.861. The number of carbonyl (C=O) groups excluding carboxylic acids is 1. The van der Waals surface area contributed by atoms with Crippen molar-refractivity contribution >= 4 is 6.03 Å². The molecule has 2 aromatic rings. The SMILES string of the molecule is O=C(NCCCc1ccccc1)N1CCC(n2nccn2)CC1. The third-order valence-electron chi connectivity index (χ3n) is 4.28. The van der Waals surface area contributed by atoms with Crippen molar-refractivity contribution in [3.8, 4) is 0 Å². The van der Waals surface area contributed by atoms with Crippen LogP contribution in [0.2, 0.25) is 0 Å². The van der Waals surface area contributed by atoms with Gasteiger partial charge in [0.2, 0.25) is 0 Å². The van der Waals surface area contributed by atoms with Gasteiger partial charge in [0.1, 0.15) is 0 Å². The molecule has 0 aliphatic carbocycles. The van der Waals surface area contributed by atoms with Crippen LogP contribution in [0.1, 0.15) is 30.9 Å². The summed E-state index contributed by atoms with van der Waals surface area (Å²) in [5.74, 6) is 0. The number of rotatable bonds is 5. The Bertz CT molecular complexity index is 591. The minimum atomic E-state index is 0.0462. The first-order chi connectivity index (χ1) is 11.3. The third-order valence-corrected chi connectivity index (χ3v) is 4.28. The first kappa shape index (κ1) is 15.5. The summed E-state index contributed by atoms with van der Waals surface area (Å²) in [7, 11) is 0. The van der Waals surface area contributed by atoms with E-state index in [1.807, 2.05) is 23.1 Å². The standard InChI is InChI=1S/C17H23N5O/c23-17(18-10-4-7-15-5-2-1-3-6-15)21-13-8-16(9-14-21)22-19-11-12-20-22/h1-3,5-6,11-12,16H,4,7-10,13-14H2,(H,18,23). The van der Waals surface area contributed by atoms with Crippen LogP contribution in [0.4, 0.5) is 4.79 Å². The molecule has 1 aromatic heterocycles. The lowest BCUT2D eigenvalue weighted by Crippen LogP contribution is -2.45. The van der Waals surface area contributed by atoms with E-state index in [1.54, 1.807) is 17.2 Å². The second-order valence-corrected chi connectivity index (χ2v) is 5.89. The zero-order valence-electron chi connectivity index (χ0n) is 13.3. The van der Waals surface area contributed by atoms with Crippen molar-refractivity contribution in [1.82, 2.24) is 25.2 Å². The van der Waals surface area contributed by atoms with Crippen LogP contribution in [0.5, 0.6) is 0 Å². The van der Waals surface area contributed by atoms with Gasteiger partial charge in [-0.2, -0.15) is 15.0 Å². The van der Waals surface area contributed by atoms with Crippen molar-refractivity contribution < 1.29 is 4.79 Å². The fourth-order valence-electron chi connectivity index (χ4n) is 2.96. The number of nitrogens with one attached hydrogen (secondary N) is 1. The molecule has 1 aliphatic heterocycles. The number of hydrogen-bond donors (Lipinski definition) is 1. The molecule has 122 valence electrons. The maximum Gasteiger partial charge on any atom is 0.317 e. The molecular formula is C17H23N5O. The number of piperidine rings is 1. The minimum Gasteiger partial charge on any atom is -0.338 e. The van der Waals surface area contributed by atoms with Crippen LogP contribution >= 0.6 is 0 Å². The number of benzene rings is 1. The monoisotopic (exact) mass is 313 g/mol. The molecule has 1 saturated heterocycles. The molecule has 6 nitrogen and oxygen atoms in total. The van der Waals surface area contributed by atoms with E-state index >= 15 is 0 Å². The Morgan fingerprint density at radius 1 is 1.13 bits per heavy atom. The summed E-state index contributed by atoms with van der Waals surface area (Å²) in [6.07, 6.45) is 7.17. The van der Waals surface area contributed by atoms with Gasteiger partial charge in [0.15, 0.2) is 0 Å². The molecule has 1 N–H and O–H groups in total. The number of hydrogen-bond acceptors (Lipinski definition) is 3. The average Bonchev–Trinajstić information content (AvgIpc) is 3.14. The second-order valence-electron chi connectivity index (χ2n) is 5.89. The third kappa shape index (κ3) is 4.31. The van der Waals surface area contributed by atoms with E-state index in [4.69, 9.17) is 0 Å². The Morgan fingerprint density at radius 2 is 1.83 bits per heavy atom. The Morgan fingerprint density at radius 3 is 2.52 bits per heavy atom. The highest BCUT2D eigenvalue weighted by Gasteiger charge is 2.24. The van der Waals surface area contributed by atoms with E-state index in [0.29, 0.717) is 12.6 Å². The highest BCUT2D eigenvalue weighted by atomic mass is 16.2. The van der Waals surface area contributed by atoms with Crippen LogP contribution in [0.15, 0.2) is 42.7 Å². The molecule has 6 heteroatoms. The van der Waals surface area contributed by atoms with E-state index in [-0.39, 0.29) is 6.03 Å². The first-order valence-electron chi connectivity index (χ1n) is 8.25. The van der Waals surface area contributed by atoms with Crippen LogP contribution in [-0.4, -0.2) is 45.6 Å². The molecule has 0 radical (unpaired) electrons. The van der Waals surface area contributed by atoms with Crippen LogP contribution < -0.4 is 5.32 Å². The van der Waals surface area contributed by atoms with E-state index in [9.17, 15) is 4.79 Å². The number of likely N-dealkylation sites (tertiary alicyclic amines) is 1. The summed E-state index contributed by atoms with van der Waals surface area (Å²) in [6, 6.07) is 10.7. The summed E-state index contributed by atoms with van der Waals surface area (Å²) in [6.45, 7) is 2.24. The maximum atomic E-state index is 12.2. The largest absolute Gasteiger partial charge is 0.338 e. The lowest BCUT2D eigenvalue weighted by Gasteiger charge is -2.31. The molecule has 1 fully saturated rings. The normalized spacial score (nSPS) is 15.6. The molecule has 0 spiro atoms. The molecule has 0 atom stereocenters.